The first-order chi connectivity index (χ1) is 13.5. The number of rotatable bonds is 5. The van der Waals surface area contributed by atoms with Crippen LogP contribution in [0.15, 0.2) is 23.1 Å². The Kier molecular flexibility index (Phi) is 7.35. The minimum absolute atomic E-state index is 0.144. The number of nitrogens with one attached hydrogen (secondary N) is 1. The van der Waals surface area contributed by atoms with Crippen LogP contribution in [0.25, 0.3) is 0 Å². The predicted molar refractivity (Wildman–Crippen MR) is 109 cm³/mol. The molecule has 1 saturated heterocycles. The van der Waals surface area contributed by atoms with Crippen molar-refractivity contribution in [3.8, 4) is 5.75 Å². The van der Waals surface area contributed by atoms with Crippen LogP contribution in [-0.4, -0.2) is 44.9 Å². The summed E-state index contributed by atoms with van der Waals surface area (Å²) in [4.78, 5) is 13.1. The predicted octanol–water partition coefficient (Wildman–Crippen LogP) is 3.71. The van der Waals surface area contributed by atoms with Gasteiger partial charge < -0.3 is 10.1 Å². The normalized spacial score (nSPS) is 20.2. The summed E-state index contributed by atoms with van der Waals surface area (Å²) in [5.74, 6) is 0.151. The standard InChI is InChI=1S/C21H32N2O4S/c1-27-20-13-12-18(28(25,26)23-14-8-4-5-9-15-23)16-19(20)21(24)22-17-10-6-2-3-7-11-17/h12-13,16-17H,2-11,14-15H2,1H3,(H,22,24). The largest absolute Gasteiger partial charge is 0.496 e. The van der Waals surface area contributed by atoms with Crippen molar-refractivity contribution in [2.75, 3.05) is 20.2 Å². The van der Waals surface area contributed by atoms with Gasteiger partial charge in [0, 0.05) is 19.1 Å². The van der Waals surface area contributed by atoms with Gasteiger partial charge in [-0.1, -0.05) is 38.5 Å². The molecule has 7 heteroatoms. The van der Waals surface area contributed by atoms with Crippen molar-refractivity contribution in [3.05, 3.63) is 23.8 Å². The van der Waals surface area contributed by atoms with E-state index in [1.165, 1.54) is 26.0 Å². The van der Waals surface area contributed by atoms with Crippen LogP contribution in [0.3, 0.4) is 0 Å². The summed E-state index contributed by atoms with van der Waals surface area (Å²) in [6.45, 7) is 1.08. The van der Waals surface area contributed by atoms with Gasteiger partial charge in [-0.3, -0.25) is 4.79 Å². The lowest BCUT2D eigenvalue weighted by molar-refractivity contribution is 0.0930. The Balaban J connectivity index is 1.83. The number of methoxy groups -OCH3 is 1. The van der Waals surface area contributed by atoms with Gasteiger partial charge in [0.2, 0.25) is 10.0 Å². The van der Waals surface area contributed by atoms with E-state index in [0.29, 0.717) is 24.4 Å². The molecule has 28 heavy (non-hydrogen) atoms. The van der Waals surface area contributed by atoms with Crippen molar-refractivity contribution in [1.29, 1.82) is 0 Å². The molecule has 0 aromatic heterocycles. The average molecular weight is 409 g/mol. The first kappa shape index (κ1) is 21.1. The number of nitrogens with zero attached hydrogens (tertiary/aromatic N) is 1. The van der Waals surface area contributed by atoms with Crippen molar-refractivity contribution in [1.82, 2.24) is 9.62 Å². The summed E-state index contributed by atoms with van der Waals surface area (Å²) in [7, 11) is -2.11. The smallest absolute Gasteiger partial charge is 0.255 e. The Morgan fingerprint density at radius 3 is 2.21 bits per heavy atom. The lowest BCUT2D eigenvalue weighted by Crippen LogP contribution is -2.35. The number of carbonyl (C=O) groups excluding carboxylic acids is 1. The topological polar surface area (TPSA) is 75.7 Å². The van der Waals surface area contributed by atoms with E-state index in [1.807, 2.05) is 0 Å². The highest BCUT2D eigenvalue weighted by molar-refractivity contribution is 7.89. The molecule has 0 unspecified atom stereocenters. The highest BCUT2D eigenvalue weighted by atomic mass is 32.2. The van der Waals surface area contributed by atoms with Gasteiger partial charge in [0.05, 0.1) is 17.6 Å². The first-order valence-corrected chi connectivity index (χ1v) is 12.0. The quantitative estimate of drug-likeness (QED) is 0.754. The third kappa shape index (κ3) is 5.06. The summed E-state index contributed by atoms with van der Waals surface area (Å²) in [6.07, 6.45) is 10.5. The van der Waals surface area contributed by atoms with Crippen molar-refractivity contribution in [2.24, 2.45) is 0 Å². The molecule has 1 aromatic rings. The number of sulfonamides is 1. The van der Waals surface area contributed by atoms with Crippen molar-refractivity contribution in [3.63, 3.8) is 0 Å². The van der Waals surface area contributed by atoms with E-state index >= 15 is 0 Å². The van der Waals surface area contributed by atoms with Crippen LogP contribution >= 0.6 is 0 Å². The second-order valence-electron chi connectivity index (χ2n) is 7.84. The molecule has 2 aliphatic rings. The average Bonchev–Trinajstić information content (AvgIpc) is 3.13. The summed E-state index contributed by atoms with van der Waals surface area (Å²) >= 11 is 0. The number of ether oxygens (including phenoxy) is 1. The number of carbonyl (C=O) groups is 1. The third-order valence-electron chi connectivity index (χ3n) is 5.81. The molecule has 1 aliphatic carbocycles. The van der Waals surface area contributed by atoms with Gasteiger partial charge in [-0.15, -0.1) is 0 Å². The van der Waals surface area contributed by atoms with E-state index in [0.717, 1.165) is 51.4 Å². The zero-order chi connectivity index (χ0) is 20.0. The number of hydrogen-bond donors (Lipinski definition) is 1. The van der Waals surface area contributed by atoms with Crippen LogP contribution in [0.4, 0.5) is 0 Å². The maximum Gasteiger partial charge on any atom is 0.255 e. The molecule has 0 bridgehead atoms. The van der Waals surface area contributed by atoms with E-state index in [1.54, 1.807) is 16.4 Å². The monoisotopic (exact) mass is 408 g/mol. The Bertz CT molecular complexity index is 763. The molecule has 1 saturated carbocycles. The summed E-state index contributed by atoms with van der Waals surface area (Å²) in [5.41, 5.74) is 0.294. The van der Waals surface area contributed by atoms with E-state index in [2.05, 4.69) is 5.32 Å². The molecule has 1 amide bonds. The minimum Gasteiger partial charge on any atom is -0.496 e. The number of amides is 1. The van der Waals surface area contributed by atoms with Crippen LogP contribution in [0, 0.1) is 0 Å². The molecule has 156 valence electrons. The molecular formula is C21H32N2O4S. The van der Waals surface area contributed by atoms with Gasteiger partial charge in [-0.25, -0.2) is 8.42 Å². The molecule has 1 heterocycles. The molecular weight excluding hydrogens is 376 g/mol. The van der Waals surface area contributed by atoms with Gasteiger partial charge >= 0.3 is 0 Å². The Hall–Kier alpha value is -1.60. The van der Waals surface area contributed by atoms with Gasteiger partial charge in [0.15, 0.2) is 0 Å². The lowest BCUT2D eigenvalue weighted by Gasteiger charge is -2.21. The van der Waals surface area contributed by atoms with Crippen molar-refractivity contribution >= 4 is 15.9 Å². The zero-order valence-electron chi connectivity index (χ0n) is 16.8. The number of benzene rings is 1. The molecule has 1 N–H and O–H groups in total. The summed E-state index contributed by atoms with van der Waals surface area (Å²) in [6, 6.07) is 4.75. The van der Waals surface area contributed by atoms with Gasteiger partial charge in [0.25, 0.3) is 5.91 Å². The fourth-order valence-corrected chi connectivity index (χ4v) is 5.69. The summed E-state index contributed by atoms with van der Waals surface area (Å²) < 4.78 is 33.1. The maximum absolute atomic E-state index is 13.1. The molecule has 1 aromatic carbocycles. The van der Waals surface area contributed by atoms with E-state index in [-0.39, 0.29) is 16.8 Å². The first-order valence-electron chi connectivity index (χ1n) is 10.5. The van der Waals surface area contributed by atoms with Gasteiger partial charge in [0.1, 0.15) is 5.75 Å². The third-order valence-corrected chi connectivity index (χ3v) is 7.70. The van der Waals surface area contributed by atoms with E-state index < -0.39 is 10.0 Å². The van der Waals surface area contributed by atoms with Crippen LogP contribution in [-0.2, 0) is 10.0 Å². The second kappa shape index (κ2) is 9.74. The van der Waals surface area contributed by atoms with Crippen molar-refractivity contribution in [2.45, 2.75) is 75.1 Å². The molecule has 3 rings (SSSR count). The highest BCUT2D eigenvalue weighted by Crippen LogP contribution is 2.27. The fourth-order valence-electron chi connectivity index (χ4n) is 4.14. The Morgan fingerprint density at radius 1 is 1.00 bits per heavy atom. The minimum atomic E-state index is -3.61. The Labute approximate surface area is 168 Å². The second-order valence-corrected chi connectivity index (χ2v) is 9.78. The number of hydrogen-bond acceptors (Lipinski definition) is 4. The molecule has 0 spiro atoms. The lowest BCUT2D eigenvalue weighted by atomic mass is 10.1. The molecule has 0 radical (unpaired) electrons. The Morgan fingerprint density at radius 2 is 1.61 bits per heavy atom. The van der Waals surface area contributed by atoms with Crippen LogP contribution < -0.4 is 10.1 Å². The molecule has 6 nitrogen and oxygen atoms in total. The van der Waals surface area contributed by atoms with Crippen LogP contribution in [0.1, 0.15) is 74.6 Å². The van der Waals surface area contributed by atoms with Crippen LogP contribution in [0.5, 0.6) is 5.75 Å². The molecule has 0 atom stereocenters. The zero-order valence-corrected chi connectivity index (χ0v) is 17.6. The van der Waals surface area contributed by atoms with Gasteiger partial charge in [-0.05, 0) is 43.9 Å². The van der Waals surface area contributed by atoms with E-state index in [9.17, 15) is 13.2 Å². The maximum atomic E-state index is 13.1. The highest BCUT2D eigenvalue weighted by Gasteiger charge is 2.27. The summed E-state index contributed by atoms with van der Waals surface area (Å²) in [5, 5.41) is 3.09. The molecule has 2 fully saturated rings. The van der Waals surface area contributed by atoms with Crippen LogP contribution in [0.2, 0.25) is 0 Å². The van der Waals surface area contributed by atoms with Gasteiger partial charge in [-0.2, -0.15) is 4.31 Å². The van der Waals surface area contributed by atoms with E-state index in [4.69, 9.17) is 4.74 Å². The molecule has 1 aliphatic heterocycles. The fraction of sp³-hybridized carbons (Fsp3) is 0.667. The SMILES string of the molecule is COc1ccc(S(=O)(=O)N2CCCCCC2)cc1C(=O)NC1CCCCCC1. The van der Waals surface area contributed by atoms with Crippen molar-refractivity contribution < 1.29 is 17.9 Å².